The third kappa shape index (κ3) is 2.73. The first-order valence-corrected chi connectivity index (χ1v) is 8.82. The Morgan fingerprint density at radius 1 is 1.32 bits per heavy atom. The number of nitrogens with zero attached hydrogens (tertiary/aromatic N) is 3. The fraction of sp³-hybridized carbons (Fsp3) is 0.400. The third-order valence-electron chi connectivity index (χ3n) is 5.17. The van der Waals surface area contributed by atoms with E-state index in [0.29, 0.717) is 11.6 Å². The average Bonchev–Trinajstić information content (AvgIpc) is 3.28. The van der Waals surface area contributed by atoms with E-state index in [1.165, 1.54) is 25.5 Å². The lowest BCUT2D eigenvalue weighted by atomic mass is 10.1. The number of esters is 1. The molecular weight excluding hydrogens is 314 g/mol. The summed E-state index contributed by atoms with van der Waals surface area (Å²) in [6.07, 6.45) is 10.4. The Morgan fingerprint density at radius 2 is 2.12 bits per heavy atom. The number of methoxy groups -OCH3 is 1. The Bertz CT molecular complexity index is 876. The molecule has 25 heavy (non-hydrogen) atoms. The number of aromatic nitrogens is 2. The minimum absolute atomic E-state index is 0.0158. The number of rotatable bonds is 4. The van der Waals surface area contributed by atoms with E-state index in [2.05, 4.69) is 35.5 Å². The number of hydrogen-bond acceptors (Lipinski definition) is 4. The van der Waals surface area contributed by atoms with Gasteiger partial charge in [0.05, 0.1) is 18.8 Å². The monoisotopic (exact) mass is 337 g/mol. The van der Waals surface area contributed by atoms with Crippen LogP contribution in [0.1, 0.15) is 55.8 Å². The molecule has 130 valence electrons. The number of pyridine rings is 1. The molecule has 1 atom stereocenters. The zero-order chi connectivity index (χ0) is 17.6. The van der Waals surface area contributed by atoms with Crippen LogP contribution in [0.25, 0.3) is 5.65 Å². The number of allylic oxidation sites excluding steroid dienone is 2. The molecule has 0 radical (unpaired) electrons. The fourth-order valence-electron chi connectivity index (χ4n) is 3.70. The van der Waals surface area contributed by atoms with Crippen molar-refractivity contribution in [2.45, 2.75) is 44.6 Å². The molecule has 2 fully saturated rings. The van der Waals surface area contributed by atoms with E-state index in [1.807, 2.05) is 11.8 Å². The maximum Gasteiger partial charge on any atom is 0.354 e. The van der Waals surface area contributed by atoms with Gasteiger partial charge in [-0.25, -0.2) is 9.78 Å². The molecule has 0 aromatic carbocycles. The Hall–Kier alpha value is -2.56. The van der Waals surface area contributed by atoms with E-state index in [9.17, 15) is 4.79 Å². The third-order valence-corrected chi connectivity index (χ3v) is 5.17. The van der Waals surface area contributed by atoms with Gasteiger partial charge in [-0.15, -0.1) is 0 Å². The highest BCUT2D eigenvalue weighted by Gasteiger charge is 2.35. The van der Waals surface area contributed by atoms with E-state index in [1.54, 1.807) is 6.08 Å². The molecular formula is C20H23N3O2. The normalized spacial score (nSPS) is 21.2. The van der Waals surface area contributed by atoms with Gasteiger partial charge in [0.1, 0.15) is 11.3 Å². The van der Waals surface area contributed by atoms with Crippen LogP contribution in [-0.4, -0.2) is 27.4 Å². The molecule has 1 aliphatic heterocycles. The van der Waals surface area contributed by atoms with Crippen LogP contribution >= 0.6 is 0 Å². The molecule has 1 saturated heterocycles. The van der Waals surface area contributed by atoms with E-state index >= 15 is 0 Å². The number of likely N-dealkylation sites (tertiary alicyclic amines) is 1. The summed E-state index contributed by atoms with van der Waals surface area (Å²) in [6, 6.07) is 4.28. The number of carbonyl (C=O) groups is 1. The molecule has 0 bridgehead atoms. The van der Waals surface area contributed by atoms with Gasteiger partial charge in [-0.05, 0) is 50.2 Å². The Labute approximate surface area is 147 Å². The molecule has 1 unspecified atom stereocenters. The second kappa shape index (κ2) is 6.06. The molecule has 5 heteroatoms. The summed E-state index contributed by atoms with van der Waals surface area (Å²) in [4.78, 5) is 18.9. The number of imidazole rings is 1. The molecule has 4 rings (SSSR count). The summed E-state index contributed by atoms with van der Waals surface area (Å²) in [7, 11) is 1.41. The fourth-order valence-corrected chi connectivity index (χ4v) is 3.70. The van der Waals surface area contributed by atoms with Crippen molar-refractivity contribution in [1.29, 1.82) is 0 Å². The van der Waals surface area contributed by atoms with Gasteiger partial charge in [-0.2, -0.15) is 0 Å². The molecule has 3 heterocycles. The highest BCUT2D eigenvalue weighted by molar-refractivity contribution is 5.88. The minimum atomic E-state index is -0.338. The molecule has 1 saturated carbocycles. The standard InChI is InChI=1S/C20H23N3O2/c1-4-17(20(24)25-3)23-13(2)5-9-18(23)16-12-22-11-15(14-6-7-14)8-10-19(22)21-16/h4,8,10-12,14,18H,2,5-7,9H2,1,3H3/b17-4-. The molecule has 1 aliphatic carbocycles. The smallest absolute Gasteiger partial charge is 0.354 e. The van der Waals surface area contributed by atoms with Gasteiger partial charge in [0.15, 0.2) is 0 Å². The van der Waals surface area contributed by atoms with Gasteiger partial charge in [0, 0.05) is 18.1 Å². The Morgan fingerprint density at radius 3 is 2.80 bits per heavy atom. The first-order valence-electron chi connectivity index (χ1n) is 8.82. The summed E-state index contributed by atoms with van der Waals surface area (Å²) in [5, 5.41) is 0. The summed E-state index contributed by atoms with van der Waals surface area (Å²) in [6.45, 7) is 5.99. The minimum Gasteiger partial charge on any atom is -0.464 e. The van der Waals surface area contributed by atoms with E-state index in [0.717, 1.165) is 29.9 Å². The molecule has 5 nitrogen and oxygen atoms in total. The molecule has 0 N–H and O–H groups in total. The Kier molecular flexibility index (Phi) is 3.86. The van der Waals surface area contributed by atoms with Crippen LogP contribution in [0, 0.1) is 0 Å². The van der Waals surface area contributed by atoms with Gasteiger partial charge in [0.2, 0.25) is 0 Å². The molecule has 0 spiro atoms. The summed E-state index contributed by atoms with van der Waals surface area (Å²) >= 11 is 0. The van der Waals surface area contributed by atoms with Gasteiger partial charge in [-0.3, -0.25) is 0 Å². The Balaban J connectivity index is 1.70. The van der Waals surface area contributed by atoms with Crippen molar-refractivity contribution in [3.8, 4) is 0 Å². The maximum atomic E-state index is 12.2. The van der Waals surface area contributed by atoms with Gasteiger partial charge >= 0.3 is 5.97 Å². The molecule has 0 amide bonds. The van der Waals surface area contributed by atoms with Crippen molar-refractivity contribution in [3.05, 3.63) is 59.8 Å². The van der Waals surface area contributed by atoms with E-state index < -0.39 is 0 Å². The molecule has 2 aliphatic rings. The van der Waals surface area contributed by atoms with Gasteiger partial charge in [0.25, 0.3) is 0 Å². The van der Waals surface area contributed by atoms with E-state index in [4.69, 9.17) is 9.72 Å². The van der Waals surface area contributed by atoms with Crippen LogP contribution < -0.4 is 0 Å². The summed E-state index contributed by atoms with van der Waals surface area (Å²) in [5.41, 5.74) is 4.75. The highest BCUT2D eigenvalue weighted by Crippen LogP contribution is 2.42. The van der Waals surface area contributed by atoms with Crippen molar-refractivity contribution in [3.63, 3.8) is 0 Å². The number of ether oxygens (including phenoxy) is 1. The predicted octanol–water partition coefficient (Wildman–Crippen LogP) is 3.94. The lowest BCUT2D eigenvalue weighted by molar-refractivity contribution is -0.137. The average molecular weight is 337 g/mol. The van der Waals surface area contributed by atoms with Crippen molar-refractivity contribution < 1.29 is 9.53 Å². The van der Waals surface area contributed by atoms with Crippen molar-refractivity contribution in [2.75, 3.05) is 7.11 Å². The largest absolute Gasteiger partial charge is 0.464 e. The van der Waals surface area contributed by atoms with Crippen LogP contribution in [0.3, 0.4) is 0 Å². The first-order chi connectivity index (χ1) is 12.1. The molecule has 2 aromatic heterocycles. The highest BCUT2D eigenvalue weighted by atomic mass is 16.5. The second-order valence-corrected chi connectivity index (χ2v) is 6.82. The van der Waals surface area contributed by atoms with Crippen LogP contribution in [0.4, 0.5) is 0 Å². The number of fused-ring (bicyclic) bond motifs is 1. The van der Waals surface area contributed by atoms with Crippen LogP contribution in [0.15, 0.2) is 48.6 Å². The lowest BCUT2D eigenvalue weighted by Gasteiger charge is -2.27. The quantitative estimate of drug-likeness (QED) is 0.626. The van der Waals surface area contributed by atoms with Gasteiger partial charge < -0.3 is 14.0 Å². The second-order valence-electron chi connectivity index (χ2n) is 6.82. The van der Waals surface area contributed by atoms with Crippen LogP contribution in [0.5, 0.6) is 0 Å². The number of carbonyl (C=O) groups excluding carboxylic acids is 1. The maximum absolute atomic E-state index is 12.2. The zero-order valence-corrected chi connectivity index (χ0v) is 14.7. The molecule has 2 aromatic rings. The van der Waals surface area contributed by atoms with Crippen molar-refractivity contribution >= 4 is 11.6 Å². The summed E-state index contributed by atoms with van der Waals surface area (Å²) < 4.78 is 7.05. The van der Waals surface area contributed by atoms with Crippen LogP contribution in [-0.2, 0) is 9.53 Å². The van der Waals surface area contributed by atoms with Gasteiger partial charge in [-0.1, -0.05) is 18.7 Å². The van der Waals surface area contributed by atoms with E-state index in [-0.39, 0.29) is 12.0 Å². The SMILES string of the molecule is C=C1CCC(c2cn3cc(C4CC4)ccc3n2)N1/C(=C\C)C(=O)OC. The van der Waals surface area contributed by atoms with Crippen LogP contribution in [0.2, 0.25) is 0 Å². The van der Waals surface area contributed by atoms with Crippen molar-refractivity contribution in [2.24, 2.45) is 0 Å². The zero-order valence-electron chi connectivity index (χ0n) is 14.7. The van der Waals surface area contributed by atoms with Crippen molar-refractivity contribution in [1.82, 2.24) is 14.3 Å². The number of hydrogen-bond donors (Lipinski definition) is 0. The predicted molar refractivity (Wildman–Crippen MR) is 95.9 cm³/mol. The lowest BCUT2D eigenvalue weighted by Crippen LogP contribution is -2.27. The first kappa shape index (κ1) is 15.9. The topological polar surface area (TPSA) is 46.8 Å². The summed E-state index contributed by atoms with van der Waals surface area (Å²) in [5.74, 6) is 0.377.